The lowest BCUT2D eigenvalue weighted by Crippen LogP contribution is -2.46. The van der Waals surface area contributed by atoms with Crippen LogP contribution in [0, 0.1) is 5.92 Å². The maximum absolute atomic E-state index is 11.6. The van der Waals surface area contributed by atoms with Crippen molar-refractivity contribution in [2.75, 3.05) is 6.54 Å². The average molecular weight is 196 g/mol. The lowest BCUT2D eigenvalue weighted by molar-refractivity contribution is -0.135. The van der Waals surface area contributed by atoms with E-state index in [1.807, 2.05) is 0 Å². The first-order valence-corrected chi connectivity index (χ1v) is 4.75. The normalized spacial score (nSPS) is 28.6. The van der Waals surface area contributed by atoms with Crippen LogP contribution < -0.4 is 5.73 Å². The molecule has 78 valence electrons. The van der Waals surface area contributed by atoms with Crippen molar-refractivity contribution < 1.29 is 9.59 Å². The number of nitrogens with two attached hydrogens (primary N) is 1. The first kappa shape index (κ1) is 10.9. The van der Waals surface area contributed by atoms with Crippen LogP contribution >= 0.6 is 0 Å². The Hall–Kier alpha value is -1.16. The lowest BCUT2D eigenvalue weighted by Gasteiger charge is -2.23. The Kier molecular flexibility index (Phi) is 3.41. The van der Waals surface area contributed by atoms with E-state index in [1.54, 1.807) is 17.9 Å². The molecule has 0 aromatic rings. The van der Waals surface area contributed by atoms with Crippen molar-refractivity contribution in [1.82, 2.24) is 4.90 Å². The van der Waals surface area contributed by atoms with Crippen LogP contribution in [-0.2, 0) is 9.59 Å². The summed E-state index contributed by atoms with van der Waals surface area (Å²) >= 11 is 0. The molecule has 4 heteroatoms. The van der Waals surface area contributed by atoms with Gasteiger partial charge in [0, 0.05) is 12.5 Å². The van der Waals surface area contributed by atoms with Crippen LogP contribution in [0.25, 0.3) is 0 Å². The highest BCUT2D eigenvalue weighted by Crippen LogP contribution is 2.24. The van der Waals surface area contributed by atoms with Gasteiger partial charge in [0.25, 0.3) is 0 Å². The molecular weight excluding hydrogens is 180 g/mol. The smallest absolute Gasteiger partial charge is 0.239 e. The number of amides is 1. The fourth-order valence-electron chi connectivity index (χ4n) is 1.79. The zero-order valence-corrected chi connectivity index (χ0v) is 8.35. The molecule has 4 nitrogen and oxygen atoms in total. The Morgan fingerprint density at radius 2 is 2.36 bits per heavy atom. The van der Waals surface area contributed by atoms with Crippen molar-refractivity contribution in [3.8, 4) is 0 Å². The highest BCUT2D eigenvalue weighted by Gasteiger charge is 2.35. The molecule has 1 rings (SSSR count). The van der Waals surface area contributed by atoms with Gasteiger partial charge in [-0.25, -0.2) is 0 Å². The number of hydrogen-bond donors (Lipinski definition) is 1. The topological polar surface area (TPSA) is 63.4 Å². The van der Waals surface area contributed by atoms with Crippen LogP contribution in [0.1, 0.15) is 13.3 Å². The molecular formula is C10H16N2O2. The van der Waals surface area contributed by atoms with Crippen molar-refractivity contribution in [3.63, 3.8) is 0 Å². The largest absolute Gasteiger partial charge is 0.331 e. The Balaban J connectivity index is 2.76. The van der Waals surface area contributed by atoms with Crippen molar-refractivity contribution in [1.29, 1.82) is 0 Å². The quantitative estimate of drug-likeness (QED) is 0.508. The van der Waals surface area contributed by atoms with E-state index in [0.29, 0.717) is 6.54 Å². The molecule has 1 fully saturated rings. The minimum absolute atomic E-state index is 0.0789. The number of hydrogen-bond acceptors (Lipinski definition) is 3. The molecule has 1 aliphatic heterocycles. The number of likely N-dealkylation sites (tertiary alicyclic amines) is 1. The third-order valence-electron chi connectivity index (χ3n) is 2.62. The molecule has 3 atom stereocenters. The zero-order valence-electron chi connectivity index (χ0n) is 8.35. The van der Waals surface area contributed by atoms with E-state index < -0.39 is 6.04 Å². The molecule has 2 N–H and O–H groups in total. The van der Waals surface area contributed by atoms with Crippen molar-refractivity contribution >= 4 is 12.2 Å². The molecule has 0 aliphatic carbocycles. The Morgan fingerprint density at radius 3 is 2.79 bits per heavy atom. The second-order valence-corrected chi connectivity index (χ2v) is 3.64. The molecule has 0 saturated carbocycles. The van der Waals surface area contributed by atoms with Gasteiger partial charge >= 0.3 is 0 Å². The van der Waals surface area contributed by atoms with E-state index in [4.69, 9.17) is 5.73 Å². The molecule has 0 spiro atoms. The van der Waals surface area contributed by atoms with E-state index in [2.05, 4.69) is 6.58 Å². The highest BCUT2D eigenvalue weighted by molar-refractivity contribution is 5.84. The lowest BCUT2D eigenvalue weighted by atomic mass is 10.0. The van der Waals surface area contributed by atoms with E-state index >= 15 is 0 Å². The molecule has 1 amide bonds. The third-order valence-corrected chi connectivity index (χ3v) is 2.62. The van der Waals surface area contributed by atoms with E-state index in [1.165, 1.54) is 0 Å². The van der Waals surface area contributed by atoms with Gasteiger partial charge in [-0.05, 0) is 13.3 Å². The maximum atomic E-state index is 11.6. The van der Waals surface area contributed by atoms with Crippen molar-refractivity contribution in [2.24, 2.45) is 11.7 Å². The summed E-state index contributed by atoms with van der Waals surface area (Å²) in [5.74, 6) is -0.0818. The van der Waals surface area contributed by atoms with Crippen LogP contribution in [0.3, 0.4) is 0 Å². The predicted octanol–water partition coefficient (Wildman–Crippen LogP) is -0.0644. The first-order valence-electron chi connectivity index (χ1n) is 4.75. The van der Waals surface area contributed by atoms with Crippen LogP contribution in [0.4, 0.5) is 0 Å². The molecule has 1 saturated heterocycles. The monoisotopic (exact) mass is 196 g/mol. The summed E-state index contributed by atoms with van der Waals surface area (Å²) in [7, 11) is 0. The summed E-state index contributed by atoms with van der Waals surface area (Å²) < 4.78 is 0. The van der Waals surface area contributed by atoms with E-state index in [9.17, 15) is 9.59 Å². The SMILES string of the molecule is C=C[C@H]1CCN(C(=O)[C@H](C)N)[C@@H]1C=O. The molecule has 0 unspecified atom stereocenters. The van der Waals surface area contributed by atoms with E-state index in [-0.39, 0.29) is 17.9 Å². The van der Waals surface area contributed by atoms with E-state index in [0.717, 1.165) is 12.7 Å². The van der Waals surface area contributed by atoms with Crippen LogP contribution in [-0.4, -0.2) is 35.7 Å². The van der Waals surface area contributed by atoms with Gasteiger partial charge < -0.3 is 15.4 Å². The van der Waals surface area contributed by atoms with Gasteiger partial charge in [0.15, 0.2) is 0 Å². The average Bonchev–Trinajstić information content (AvgIpc) is 2.58. The number of rotatable bonds is 3. The number of nitrogens with zero attached hydrogens (tertiary/aromatic N) is 1. The molecule has 0 bridgehead atoms. The molecule has 0 aromatic heterocycles. The van der Waals surface area contributed by atoms with Crippen molar-refractivity contribution in [2.45, 2.75) is 25.4 Å². The zero-order chi connectivity index (χ0) is 10.7. The Morgan fingerprint density at radius 1 is 1.71 bits per heavy atom. The molecule has 14 heavy (non-hydrogen) atoms. The van der Waals surface area contributed by atoms with Crippen LogP contribution in [0.2, 0.25) is 0 Å². The maximum Gasteiger partial charge on any atom is 0.239 e. The van der Waals surface area contributed by atoms with Gasteiger partial charge in [-0.1, -0.05) is 6.08 Å². The van der Waals surface area contributed by atoms with Gasteiger partial charge in [-0.15, -0.1) is 6.58 Å². The van der Waals surface area contributed by atoms with Crippen molar-refractivity contribution in [3.05, 3.63) is 12.7 Å². The number of carbonyl (C=O) groups is 2. The fourth-order valence-corrected chi connectivity index (χ4v) is 1.79. The predicted molar refractivity (Wildman–Crippen MR) is 53.5 cm³/mol. The minimum atomic E-state index is -0.541. The third kappa shape index (κ3) is 1.85. The summed E-state index contributed by atoms with van der Waals surface area (Å²) in [6.45, 7) is 5.88. The summed E-state index contributed by atoms with van der Waals surface area (Å²) in [5.41, 5.74) is 5.49. The van der Waals surface area contributed by atoms with Crippen LogP contribution in [0.5, 0.6) is 0 Å². The standard InChI is InChI=1S/C10H16N2O2/c1-3-8-4-5-12(9(8)6-13)10(14)7(2)11/h3,6-9H,1,4-5,11H2,2H3/t7-,8-,9+/m0/s1. The second-order valence-electron chi connectivity index (χ2n) is 3.64. The first-order chi connectivity index (χ1) is 6.61. The van der Waals surface area contributed by atoms with Gasteiger partial charge in [0.05, 0.1) is 12.1 Å². The van der Waals surface area contributed by atoms with Crippen LogP contribution in [0.15, 0.2) is 12.7 Å². The molecule has 1 aliphatic rings. The minimum Gasteiger partial charge on any atom is -0.331 e. The Labute approximate surface area is 83.8 Å². The number of aldehydes is 1. The van der Waals surface area contributed by atoms with Gasteiger partial charge in [-0.3, -0.25) is 4.79 Å². The van der Waals surface area contributed by atoms with Gasteiger partial charge in [0.1, 0.15) is 6.29 Å². The van der Waals surface area contributed by atoms with Gasteiger partial charge in [-0.2, -0.15) is 0 Å². The molecule has 0 aromatic carbocycles. The molecule has 1 heterocycles. The molecule has 0 radical (unpaired) electrons. The van der Waals surface area contributed by atoms with Gasteiger partial charge in [0.2, 0.25) is 5.91 Å². The summed E-state index contributed by atoms with van der Waals surface area (Å²) in [6, 6.07) is -0.910. The summed E-state index contributed by atoms with van der Waals surface area (Å²) in [4.78, 5) is 24.0. The number of carbonyl (C=O) groups excluding carboxylic acids is 2. The second kappa shape index (κ2) is 4.37. The Bertz CT molecular complexity index is 251. The summed E-state index contributed by atoms with van der Waals surface area (Å²) in [6.07, 6.45) is 3.33. The highest BCUT2D eigenvalue weighted by atomic mass is 16.2. The summed E-state index contributed by atoms with van der Waals surface area (Å²) in [5, 5.41) is 0. The fraction of sp³-hybridized carbons (Fsp3) is 0.600.